The number of nitrogens with zero attached hydrogens (tertiary/aromatic N) is 2. The second-order valence-electron chi connectivity index (χ2n) is 21.4. The molecule has 0 unspecified atom stereocenters. The van der Waals surface area contributed by atoms with Gasteiger partial charge in [0.25, 0.3) is 0 Å². The fourth-order valence-electron chi connectivity index (χ4n) is 13.4. The highest BCUT2D eigenvalue weighted by molar-refractivity contribution is 6.24. The van der Waals surface area contributed by atoms with E-state index in [0.717, 1.165) is 37.1 Å². The molecular formula is C73H54N2. The number of para-hydroxylation sites is 4. The molecule has 2 nitrogen and oxygen atoms in total. The number of aryl methyl sites for hydroxylation is 4. The molecule has 2 aliphatic heterocycles. The molecule has 0 bridgehead atoms. The number of benzene rings is 12. The molecule has 0 fully saturated rings. The van der Waals surface area contributed by atoms with E-state index >= 15 is 0 Å². The Labute approximate surface area is 439 Å². The number of anilines is 6. The maximum atomic E-state index is 2.53. The van der Waals surface area contributed by atoms with Crippen molar-refractivity contribution < 1.29 is 0 Å². The summed E-state index contributed by atoms with van der Waals surface area (Å²) in [4.78, 5) is 5.06. The molecule has 356 valence electrons. The van der Waals surface area contributed by atoms with Crippen molar-refractivity contribution in [3.8, 4) is 44.5 Å². The average molecular weight is 959 g/mol. The minimum atomic E-state index is -0.132. The van der Waals surface area contributed by atoms with E-state index in [-0.39, 0.29) is 5.41 Å². The van der Waals surface area contributed by atoms with Gasteiger partial charge in [-0.1, -0.05) is 196 Å². The van der Waals surface area contributed by atoms with E-state index in [9.17, 15) is 0 Å². The van der Waals surface area contributed by atoms with E-state index in [0.29, 0.717) is 0 Å². The molecule has 1 aliphatic carbocycles. The lowest BCUT2D eigenvalue weighted by atomic mass is 9.80. The Morgan fingerprint density at radius 3 is 1.32 bits per heavy atom. The summed E-state index contributed by atoms with van der Waals surface area (Å²) in [7, 11) is 0. The van der Waals surface area contributed by atoms with E-state index in [1.807, 2.05) is 0 Å². The molecule has 75 heavy (non-hydrogen) atoms. The lowest BCUT2D eigenvalue weighted by molar-refractivity contribution is 0.660. The molecule has 15 rings (SSSR count). The first-order chi connectivity index (χ1) is 37.0. The lowest BCUT2D eigenvalue weighted by Gasteiger charge is -2.29. The van der Waals surface area contributed by atoms with Crippen molar-refractivity contribution in [1.82, 2.24) is 0 Å². The van der Waals surface area contributed by atoms with E-state index in [1.165, 1.54) is 133 Å². The maximum Gasteiger partial charge on any atom is 0.0493 e. The minimum absolute atomic E-state index is 0.132. The topological polar surface area (TPSA) is 6.48 Å². The highest BCUT2D eigenvalue weighted by atomic mass is 15.2. The van der Waals surface area contributed by atoms with Gasteiger partial charge in [-0.25, -0.2) is 0 Å². The first kappa shape index (κ1) is 43.6. The van der Waals surface area contributed by atoms with Crippen LogP contribution in [0.15, 0.2) is 243 Å². The van der Waals surface area contributed by atoms with Gasteiger partial charge in [0.15, 0.2) is 0 Å². The molecule has 0 N–H and O–H groups in total. The number of rotatable bonds is 5. The molecule has 0 amide bonds. The van der Waals surface area contributed by atoms with Crippen LogP contribution in [0.1, 0.15) is 47.2 Å². The van der Waals surface area contributed by atoms with Crippen LogP contribution in [0.3, 0.4) is 0 Å². The normalized spacial score (nSPS) is 14.1. The Kier molecular flexibility index (Phi) is 9.91. The molecule has 12 aromatic rings. The monoisotopic (exact) mass is 958 g/mol. The summed E-state index contributed by atoms with van der Waals surface area (Å²) >= 11 is 0. The number of hydrogen-bond acceptors (Lipinski definition) is 2. The van der Waals surface area contributed by atoms with Crippen molar-refractivity contribution in [3.63, 3.8) is 0 Å². The molecule has 0 saturated carbocycles. The molecule has 0 radical (unpaired) electrons. The third-order valence-corrected chi connectivity index (χ3v) is 17.0. The summed E-state index contributed by atoms with van der Waals surface area (Å²) in [5, 5.41) is 7.36. The van der Waals surface area contributed by atoms with Gasteiger partial charge in [0.1, 0.15) is 0 Å². The Morgan fingerprint density at radius 2 is 0.733 bits per heavy atom. The lowest BCUT2D eigenvalue weighted by Crippen LogP contribution is -2.14. The Balaban J connectivity index is 1.06. The zero-order valence-corrected chi connectivity index (χ0v) is 42.3. The first-order valence-corrected chi connectivity index (χ1v) is 26.7. The number of hydrogen-bond donors (Lipinski definition) is 0. The number of fused-ring (bicyclic) bond motifs is 10. The second kappa shape index (κ2) is 17.0. The van der Waals surface area contributed by atoms with Crippen LogP contribution in [-0.2, 0) is 31.1 Å². The van der Waals surface area contributed by atoms with Gasteiger partial charge in [-0.15, -0.1) is 0 Å². The molecule has 3 aliphatic rings. The van der Waals surface area contributed by atoms with Crippen molar-refractivity contribution >= 4 is 66.4 Å². The molecule has 2 heteroatoms. The summed E-state index contributed by atoms with van der Waals surface area (Å²) in [6.07, 6.45) is 3.96. The predicted octanol–water partition coefficient (Wildman–Crippen LogP) is 19.6. The van der Waals surface area contributed by atoms with Crippen molar-refractivity contribution in [3.05, 3.63) is 276 Å². The van der Waals surface area contributed by atoms with Gasteiger partial charge in [0.2, 0.25) is 0 Å². The first-order valence-electron chi connectivity index (χ1n) is 26.7. The Bertz CT molecular complexity index is 4210. The zero-order valence-electron chi connectivity index (χ0n) is 42.3. The summed E-state index contributed by atoms with van der Waals surface area (Å²) in [5.74, 6) is 0. The van der Waals surface area contributed by atoms with Gasteiger partial charge in [0.05, 0.1) is 0 Å². The van der Waals surface area contributed by atoms with E-state index in [4.69, 9.17) is 0 Å². The van der Waals surface area contributed by atoms with Crippen LogP contribution in [0.4, 0.5) is 34.1 Å². The average Bonchev–Trinajstić information content (AvgIpc) is 3.64. The Hall–Kier alpha value is -8.98. The van der Waals surface area contributed by atoms with Crippen molar-refractivity contribution in [2.24, 2.45) is 0 Å². The zero-order chi connectivity index (χ0) is 49.8. The SMILES string of the molecule is CC1(C)c2ccccc2-c2ccc(-c3ccccc3-c3c4ccc(N5c6ccccc6CCc6ccccc65)cc4c(-c4ccc5ccccc5c4)c4ccc(N5c6ccccc6CCc6ccccc65)cc34)cc21. The van der Waals surface area contributed by atoms with Gasteiger partial charge in [0, 0.05) is 39.5 Å². The highest BCUT2D eigenvalue weighted by Gasteiger charge is 2.36. The van der Waals surface area contributed by atoms with Crippen LogP contribution in [0, 0.1) is 0 Å². The minimum Gasteiger partial charge on any atom is -0.310 e. The summed E-state index contributed by atoms with van der Waals surface area (Å²) in [6.45, 7) is 4.78. The molecule has 0 atom stereocenters. The van der Waals surface area contributed by atoms with Crippen LogP contribution in [0.25, 0.3) is 76.8 Å². The predicted molar refractivity (Wildman–Crippen MR) is 317 cm³/mol. The summed E-state index contributed by atoms with van der Waals surface area (Å²) < 4.78 is 0. The van der Waals surface area contributed by atoms with Gasteiger partial charge < -0.3 is 9.80 Å². The fourth-order valence-corrected chi connectivity index (χ4v) is 13.4. The molecule has 2 heterocycles. The Morgan fingerprint density at radius 1 is 0.293 bits per heavy atom. The van der Waals surface area contributed by atoms with Crippen molar-refractivity contribution in [2.75, 3.05) is 9.80 Å². The van der Waals surface area contributed by atoms with Crippen LogP contribution in [0.2, 0.25) is 0 Å². The molecule has 12 aromatic carbocycles. The third kappa shape index (κ3) is 6.86. The van der Waals surface area contributed by atoms with Crippen molar-refractivity contribution in [2.45, 2.75) is 44.9 Å². The van der Waals surface area contributed by atoms with E-state index in [1.54, 1.807) is 0 Å². The van der Waals surface area contributed by atoms with Gasteiger partial charge >= 0.3 is 0 Å². The van der Waals surface area contributed by atoms with Crippen molar-refractivity contribution in [1.29, 1.82) is 0 Å². The summed E-state index contributed by atoms with van der Waals surface area (Å²) in [6, 6.07) is 92.0. The fraction of sp³-hybridized carbons (Fsp3) is 0.0959. The van der Waals surface area contributed by atoms with Crippen LogP contribution < -0.4 is 9.80 Å². The largest absolute Gasteiger partial charge is 0.310 e. The molecule has 0 spiro atoms. The second-order valence-corrected chi connectivity index (χ2v) is 21.4. The smallest absolute Gasteiger partial charge is 0.0493 e. The van der Waals surface area contributed by atoms with Gasteiger partial charge in [-0.2, -0.15) is 0 Å². The van der Waals surface area contributed by atoms with Gasteiger partial charge in [-0.3, -0.25) is 0 Å². The molecule has 0 aromatic heterocycles. The summed E-state index contributed by atoms with van der Waals surface area (Å²) in [5.41, 5.74) is 25.4. The van der Waals surface area contributed by atoms with Crippen LogP contribution in [-0.4, -0.2) is 0 Å². The third-order valence-electron chi connectivity index (χ3n) is 17.0. The maximum absolute atomic E-state index is 2.53. The van der Waals surface area contributed by atoms with E-state index < -0.39 is 0 Å². The van der Waals surface area contributed by atoms with Crippen LogP contribution in [0.5, 0.6) is 0 Å². The van der Waals surface area contributed by atoms with Gasteiger partial charge in [-0.05, 0) is 197 Å². The van der Waals surface area contributed by atoms with Crippen LogP contribution >= 0.6 is 0 Å². The molecular weight excluding hydrogens is 905 g/mol. The highest BCUT2D eigenvalue weighted by Crippen LogP contribution is 2.54. The molecule has 0 saturated heterocycles. The van der Waals surface area contributed by atoms with E-state index in [2.05, 4.69) is 266 Å². The quantitative estimate of drug-likeness (QED) is 0.159. The standard InChI is InChI=1S/C73H54N2/c1-73(2)65-26-12-11-24-58(65)59-40-37-53(44-66(59)73)57-23-9-10-25-60(57)72-62-42-39-55(74-67-27-13-5-18-48(67)32-33-49-19-6-14-28-68(49)74)45-63(62)71(54-36-31-47-17-3-4-22-52(47)43-54)61-41-38-56(46-64(61)72)75-69-29-15-7-20-50(69)34-35-51-21-8-16-30-70(51)75/h3-31,36-46H,32-35H2,1-2H3.